The number of nitrogens with zero attached hydrogens (tertiary/aromatic N) is 4. The number of hydrogen-bond acceptors (Lipinski definition) is 6. The van der Waals surface area contributed by atoms with Crippen LogP contribution in [0.15, 0.2) is 60.8 Å². The molecular formula is C26H27N7O2. The molecule has 0 fully saturated rings. The number of pyridine rings is 1. The summed E-state index contributed by atoms with van der Waals surface area (Å²) in [5.41, 5.74) is 3.69. The second-order valence-electron chi connectivity index (χ2n) is 8.34. The van der Waals surface area contributed by atoms with Crippen molar-refractivity contribution in [1.29, 1.82) is 10.8 Å². The molecule has 2 bridgehead atoms. The molecule has 178 valence electrons. The number of amidine groups is 1. The maximum absolute atomic E-state index is 13.3. The van der Waals surface area contributed by atoms with Crippen molar-refractivity contribution in [1.82, 2.24) is 19.7 Å². The highest BCUT2D eigenvalue weighted by Gasteiger charge is 2.18. The zero-order valence-corrected chi connectivity index (χ0v) is 19.3. The van der Waals surface area contributed by atoms with Crippen LogP contribution in [0.5, 0.6) is 5.75 Å². The second-order valence-corrected chi connectivity index (χ2v) is 8.34. The molecule has 1 amide bonds. The van der Waals surface area contributed by atoms with Gasteiger partial charge in [0.05, 0.1) is 30.2 Å². The number of aryl methyl sites for hydroxylation is 1. The van der Waals surface area contributed by atoms with Gasteiger partial charge in [-0.2, -0.15) is 5.10 Å². The molecule has 9 nitrogen and oxygen atoms in total. The van der Waals surface area contributed by atoms with Crippen LogP contribution < -0.4 is 10.1 Å². The molecule has 4 aromatic rings. The summed E-state index contributed by atoms with van der Waals surface area (Å²) in [5.74, 6) is 0.593. The summed E-state index contributed by atoms with van der Waals surface area (Å²) in [6, 6.07) is 16.8. The molecule has 2 aromatic carbocycles. The Hall–Kier alpha value is -4.53. The number of fused-ring (bicyclic) bond motifs is 4. The van der Waals surface area contributed by atoms with Crippen LogP contribution in [-0.2, 0) is 7.05 Å². The molecule has 0 radical (unpaired) electrons. The van der Waals surface area contributed by atoms with Crippen LogP contribution in [0.25, 0.3) is 22.0 Å². The minimum absolute atomic E-state index is 0. The van der Waals surface area contributed by atoms with Crippen LogP contribution in [0.4, 0.5) is 5.82 Å². The first kappa shape index (κ1) is 22.3. The molecule has 0 saturated carbocycles. The molecule has 35 heavy (non-hydrogen) atoms. The Kier molecular flexibility index (Phi) is 5.97. The summed E-state index contributed by atoms with van der Waals surface area (Å²) in [6.45, 7) is 0.927. The van der Waals surface area contributed by atoms with Gasteiger partial charge in [0.1, 0.15) is 17.3 Å². The summed E-state index contributed by atoms with van der Waals surface area (Å²) in [5, 5.41) is 24.3. The van der Waals surface area contributed by atoms with E-state index in [0.29, 0.717) is 42.4 Å². The maximum atomic E-state index is 13.3. The van der Waals surface area contributed by atoms with Gasteiger partial charge in [0, 0.05) is 20.4 Å². The second kappa shape index (κ2) is 9.38. The van der Waals surface area contributed by atoms with Gasteiger partial charge < -0.3 is 15.0 Å². The Morgan fingerprint density at radius 2 is 1.94 bits per heavy atom. The lowest BCUT2D eigenvalue weighted by Gasteiger charge is -2.20. The number of amides is 1. The molecule has 1 aliphatic rings. The van der Waals surface area contributed by atoms with E-state index in [4.69, 9.17) is 15.6 Å². The van der Waals surface area contributed by atoms with Gasteiger partial charge in [0.15, 0.2) is 5.84 Å². The van der Waals surface area contributed by atoms with Gasteiger partial charge in [-0.25, -0.2) is 4.98 Å². The van der Waals surface area contributed by atoms with Crippen molar-refractivity contribution in [2.24, 2.45) is 7.05 Å². The molecule has 3 N–H and O–H groups in total. The Bertz CT molecular complexity index is 1450. The third-order valence-corrected chi connectivity index (χ3v) is 6.03. The van der Waals surface area contributed by atoms with E-state index in [1.54, 1.807) is 18.2 Å². The summed E-state index contributed by atoms with van der Waals surface area (Å²) in [4.78, 5) is 19.3. The quantitative estimate of drug-likeness (QED) is 0.294. The molecule has 0 saturated heterocycles. The average Bonchev–Trinajstić information content (AvgIpc) is 3.25. The predicted octanol–water partition coefficient (Wildman–Crippen LogP) is 4.54. The van der Waals surface area contributed by atoms with Crippen LogP contribution in [0, 0.1) is 10.8 Å². The fourth-order valence-electron chi connectivity index (χ4n) is 4.13. The molecule has 1 aliphatic heterocycles. The van der Waals surface area contributed by atoms with Crippen molar-refractivity contribution in [3.8, 4) is 16.9 Å². The number of ether oxygens (including phenoxy) is 1. The van der Waals surface area contributed by atoms with Crippen molar-refractivity contribution in [3.63, 3.8) is 0 Å². The monoisotopic (exact) mass is 469 g/mol. The van der Waals surface area contributed by atoms with Crippen LogP contribution in [0.3, 0.4) is 0 Å². The zero-order valence-electron chi connectivity index (χ0n) is 19.3. The van der Waals surface area contributed by atoms with Gasteiger partial charge in [-0.05, 0) is 60.4 Å². The van der Waals surface area contributed by atoms with E-state index < -0.39 is 0 Å². The lowest BCUT2D eigenvalue weighted by Crippen LogP contribution is -2.31. The van der Waals surface area contributed by atoms with Crippen LogP contribution >= 0.6 is 0 Å². The van der Waals surface area contributed by atoms with E-state index in [-0.39, 0.29) is 13.2 Å². The number of aromatic nitrogens is 3. The fraction of sp³-hybridized carbons (Fsp3) is 0.192. The summed E-state index contributed by atoms with van der Waals surface area (Å²) < 4.78 is 7.82. The first-order valence-electron chi connectivity index (χ1n) is 11.4. The average molecular weight is 470 g/mol. The van der Waals surface area contributed by atoms with Crippen molar-refractivity contribution in [2.75, 3.05) is 18.5 Å². The SMILES string of the molecule is Cn1ncc2cc(-c3ccc4c(c3)C(=O)Nc3cccc(n3)C(=N)N(C=N)CCCCO4)ccc21.[HH]. The van der Waals surface area contributed by atoms with E-state index >= 15 is 0 Å². The highest BCUT2D eigenvalue weighted by Crippen LogP contribution is 2.30. The molecule has 9 heteroatoms. The highest BCUT2D eigenvalue weighted by atomic mass is 16.5. The van der Waals surface area contributed by atoms with Crippen molar-refractivity contribution >= 4 is 34.8 Å². The Morgan fingerprint density at radius 1 is 1.11 bits per heavy atom. The number of nitrogens with one attached hydrogen (secondary N) is 3. The maximum Gasteiger partial charge on any atom is 0.260 e. The first-order valence-corrected chi connectivity index (χ1v) is 11.4. The van der Waals surface area contributed by atoms with Gasteiger partial charge >= 0.3 is 0 Å². The van der Waals surface area contributed by atoms with Crippen LogP contribution in [-0.4, -0.2) is 50.9 Å². The van der Waals surface area contributed by atoms with E-state index in [2.05, 4.69) is 21.5 Å². The lowest BCUT2D eigenvalue weighted by atomic mass is 10.0. The minimum Gasteiger partial charge on any atom is -0.493 e. The largest absolute Gasteiger partial charge is 0.493 e. The summed E-state index contributed by atoms with van der Waals surface area (Å²) in [6.07, 6.45) is 4.39. The number of benzene rings is 2. The molecule has 2 aromatic heterocycles. The topological polar surface area (TPSA) is 120 Å². The molecule has 3 heterocycles. The normalized spacial score (nSPS) is 14.6. The number of rotatable bonds is 2. The van der Waals surface area contributed by atoms with Crippen LogP contribution in [0.2, 0.25) is 0 Å². The van der Waals surface area contributed by atoms with E-state index in [1.807, 2.05) is 48.3 Å². The predicted molar refractivity (Wildman–Crippen MR) is 138 cm³/mol. The number of carbonyl (C=O) groups is 1. The van der Waals surface area contributed by atoms with Crippen molar-refractivity contribution < 1.29 is 11.0 Å². The molecule has 0 unspecified atom stereocenters. The first-order chi connectivity index (χ1) is 17.0. The Morgan fingerprint density at radius 3 is 2.80 bits per heavy atom. The molecule has 0 atom stereocenters. The number of hydrogen-bond donors (Lipinski definition) is 3. The van der Waals surface area contributed by atoms with Crippen LogP contribution in [0.1, 0.15) is 30.3 Å². The molecule has 0 aliphatic carbocycles. The number of carbonyl (C=O) groups excluding carboxylic acids is 1. The zero-order chi connectivity index (χ0) is 24.4. The number of anilines is 1. The summed E-state index contributed by atoms with van der Waals surface area (Å²) >= 11 is 0. The van der Waals surface area contributed by atoms with Gasteiger partial charge in [-0.1, -0.05) is 18.2 Å². The third-order valence-electron chi connectivity index (χ3n) is 6.03. The highest BCUT2D eigenvalue weighted by molar-refractivity contribution is 6.07. The van der Waals surface area contributed by atoms with Gasteiger partial charge in [-0.15, -0.1) is 0 Å². The van der Waals surface area contributed by atoms with Crippen molar-refractivity contribution in [2.45, 2.75) is 12.8 Å². The molecule has 5 rings (SSSR count). The lowest BCUT2D eigenvalue weighted by molar-refractivity contribution is 0.102. The Balaban J connectivity index is 0.00000304. The standard InChI is InChI=1S/C26H25N7O2.H2/c1-32-22-9-7-17(13-19(22)15-29-32)18-8-10-23-20(14-18)26(34)31-24-6-4-5-21(30-24)25(28)33(16-27)11-2-3-12-35-23;/h4-10,13-16,27-28H,2-3,11-12H2,1H3,(H,30,31,34);1H. The minimum atomic E-state index is -0.346. The van der Waals surface area contributed by atoms with E-state index in [9.17, 15) is 4.79 Å². The van der Waals surface area contributed by atoms with Gasteiger partial charge in [-0.3, -0.25) is 20.3 Å². The molecular weight excluding hydrogens is 442 g/mol. The van der Waals surface area contributed by atoms with Crippen molar-refractivity contribution in [3.05, 3.63) is 72.1 Å². The fourth-order valence-corrected chi connectivity index (χ4v) is 4.13. The summed E-state index contributed by atoms with van der Waals surface area (Å²) in [7, 11) is 1.91. The van der Waals surface area contributed by atoms with E-state index in [0.717, 1.165) is 34.8 Å². The van der Waals surface area contributed by atoms with E-state index in [1.165, 1.54) is 4.90 Å². The van der Waals surface area contributed by atoms with Gasteiger partial charge in [0.25, 0.3) is 5.91 Å². The molecule has 0 spiro atoms. The smallest absolute Gasteiger partial charge is 0.260 e. The third kappa shape index (κ3) is 4.48. The Labute approximate surface area is 203 Å². The van der Waals surface area contributed by atoms with Gasteiger partial charge in [0.2, 0.25) is 0 Å².